The summed E-state index contributed by atoms with van der Waals surface area (Å²) in [5.74, 6) is -0.553. The van der Waals surface area contributed by atoms with E-state index in [2.05, 4.69) is 0 Å². The Morgan fingerprint density at radius 3 is 2.64 bits per heavy atom. The van der Waals surface area contributed by atoms with Gasteiger partial charge in [-0.25, -0.2) is 0 Å². The van der Waals surface area contributed by atoms with Crippen LogP contribution in [0.25, 0.3) is 0 Å². The summed E-state index contributed by atoms with van der Waals surface area (Å²) in [4.78, 5) is 26.2. The molecule has 1 aromatic carbocycles. The zero-order valence-corrected chi connectivity index (χ0v) is 14.5. The van der Waals surface area contributed by atoms with Gasteiger partial charge in [0.1, 0.15) is 5.75 Å². The molecule has 3 rings (SSSR count). The fourth-order valence-corrected chi connectivity index (χ4v) is 3.47. The molecule has 0 saturated carbocycles. The Bertz CT molecular complexity index is 688. The van der Waals surface area contributed by atoms with Gasteiger partial charge in [-0.3, -0.25) is 9.59 Å². The van der Waals surface area contributed by atoms with Gasteiger partial charge in [-0.1, -0.05) is 12.1 Å². The van der Waals surface area contributed by atoms with Crippen LogP contribution in [-0.4, -0.2) is 47.6 Å². The van der Waals surface area contributed by atoms with Gasteiger partial charge < -0.3 is 19.5 Å². The second-order valence-electron chi connectivity index (χ2n) is 6.32. The molecule has 1 saturated heterocycles. The zero-order chi connectivity index (χ0) is 18.0. The largest absolute Gasteiger partial charge is 0.503 e. The summed E-state index contributed by atoms with van der Waals surface area (Å²) in [5, 5.41) is 10.2. The van der Waals surface area contributed by atoms with E-state index in [0.29, 0.717) is 19.8 Å². The predicted molar refractivity (Wildman–Crippen MR) is 91.4 cm³/mol. The molecule has 6 nitrogen and oxygen atoms in total. The van der Waals surface area contributed by atoms with E-state index in [1.54, 1.807) is 12.1 Å². The first-order chi connectivity index (χ1) is 12.0. The topological polar surface area (TPSA) is 76.1 Å². The van der Waals surface area contributed by atoms with Gasteiger partial charge >= 0.3 is 0 Å². The van der Waals surface area contributed by atoms with Crippen molar-refractivity contribution in [3.8, 4) is 5.75 Å². The van der Waals surface area contributed by atoms with Gasteiger partial charge in [-0.2, -0.15) is 0 Å². The number of carbonyl (C=O) groups is 2. The molecule has 1 fully saturated rings. The number of Topliss-reactive ketones (excluding diaryl/α,β-unsaturated/α-hetero) is 1. The van der Waals surface area contributed by atoms with E-state index in [1.165, 1.54) is 11.8 Å². The van der Waals surface area contributed by atoms with Gasteiger partial charge in [0, 0.05) is 13.2 Å². The van der Waals surface area contributed by atoms with Crippen molar-refractivity contribution in [3.63, 3.8) is 0 Å². The smallest absolute Gasteiger partial charge is 0.290 e. The van der Waals surface area contributed by atoms with Crippen LogP contribution >= 0.6 is 0 Å². The number of aliphatic hydroxyl groups is 1. The molecule has 25 heavy (non-hydrogen) atoms. The first-order valence-electron chi connectivity index (χ1n) is 8.62. The summed E-state index contributed by atoms with van der Waals surface area (Å²) in [5.41, 5.74) is 0.913. The summed E-state index contributed by atoms with van der Waals surface area (Å²) < 4.78 is 11.1. The van der Waals surface area contributed by atoms with Crippen molar-refractivity contribution < 1.29 is 24.2 Å². The lowest BCUT2D eigenvalue weighted by atomic mass is 9.96. The van der Waals surface area contributed by atoms with Gasteiger partial charge in [-0.05, 0) is 44.4 Å². The number of benzene rings is 1. The minimum Gasteiger partial charge on any atom is -0.503 e. The molecule has 2 aliphatic rings. The Labute approximate surface area is 147 Å². The molecule has 2 atom stereocenters. The van der Waals surface area contributed by atoms with E-state index in [-0.39, 0.29) is 17.5 Å². The first kappa shape index (κ1) is 17.5. The van der Waals surface area contributed by atoms with Crippen molar-refractivity contribution in [3.05, 3.63) is 41.2 Å². The zero-order valence-electron chi connectivity index (χ0n) is 14.5. The summed E-state index contributed by atoms with van der Waals surface area (Å²) in [6.07, 6.45) is 1.77. The maximum Gasteiger partial charge on any atom is 0.290 e. The van der Waals surface area contributed by atoms with E-state index >= 15 is 0 Å². The summed E-state index contributed by atoms with van der Waals surface area (Å²) in [6, 6.07) is 6.67. The highest BCUT2D eigenvalue weighted by Gasteiger charge is 2.43. The van der Waals surface area contributed by atoms with Crippen LogP contribution in [0.5, 0.6) is 5.75 Å². The van der Waals surface area contributed by atoms with Gasteiger partial charge in [0.25, 0.3) is 5.91 Å². The van der Waals surface area contributed by atoms with E-state index in [4.69, 9.17) is 9.47 Å². The molecule has 2 unspecified atom stereocenters. The molecular weight excluding hydrogens is 322 g/mol. The van der Waals surface area contributed by atoms with Crippen LogP contribution in [0.3, 0.4) is 0 Å². The molecule has 2 heterocycles. The quantitative estimate of drug-likeness (QED) is 0.857. The number of nitrogens with zero attached hydrogens (tertiary/aromatic N) is 1. The molecule has 0 radical (unpaired) electrons. The van der Waals surface area contributed by atoms with Crippen molar-refractivity contribution in [2.75, 3.05) is 19.8 Å². The third-order valence-corrected chi connectivity index (χ3v) is 4.61. The number of aliphatic hydroxyl groups excluding tert-OH is 1. The van der Waals surface area contributed by atoms with Crippen LogP contribution < -0.4 is 4.74 Å². The highest BCUT2D eigenvalue weighted by Crippen LogP contribution is 2.38. The van der Waals surface area contributed by atoms with Gasteiger partial charge in [-0.15, -0.1) is 0 Å². The van der Waals surface area contributed by atoms with Crippen molar-refractivity contribution in [2.45, 2.75) is 38.8 Å². The molecule has 6 heteroatoms. The molecule has 0 aliphatic carbocycles. The van der Waals surface area contributed by atoms with E-state index in [9.17, 15) is 14.7 Å². The highest BCUT2D eigenvalue weighted by atomic mass is 16.5. The third kappa shape index (κ3) is 3.39. The number of ether oxygens (including phenoxy) is 2. The maximum absolute atomic E-state index is 12.5. The molecule has 0 bridgehead atoms. The molecule has 0 spiro atoms. The lowest BCUT2D eigenvalue weighted by molar-refractivity contribution is -0.131. The Kier molecular flexibility index (Phi) is 5.08. The number of hydrogen-bond donors (Lipinski definition) is 1. The number of carbonyl (C=O) groups excluding carboxylic acids is 2. The fourth-order valence-electron chi connectivity index (χ4n) is 3.47. The lowest BCUT2D eigenvalue weighted by Crippen LogP contribution is -2.37. The van der Waals surface area contributed by atoms with Crippen molar-refractivity contribution >= 4 is 11.7 Å². The summed E-state index contributed by atoms with van der Waals surface area (Å²) >= 11 is 0. The van der Waals surface area contributed by atoms with Crippen LogP contribution in [0.4, 0.5) is 0 Å². The molecule has 1 amide bonds. The molecule has 1 N–H and O–H groups in total. The molecular formula is C19H23NO5. The monoisotopic (exact) mass is 345 g/mol. The van der Waals surface area contributed by atoms with Gasteiger partial charge in [0.2, 0.25) is 0 Å². The predicted octanol–water partition coefficient (Wildman–Crippen LogP) is 2.55. The number of amides is 1. The summed E-state index contributed by atoms with van der Waals surface area (Å²) in [6.45, 7) is 4.88. The molecule has 2 aliphatic heterocycles. The van der Waals surface area contributed by atoms with Crippen LogP contribution in [-0.2, 0) is 14.3 Å². The number of rotatable bonds is 6. The minimum atomic E-state index is -0.593. The van der Waals surface area contributed by atoms with Crippen molar-refractivity contribution in [1.29, 1.82) is 0 Å². The lowest BCUT2D eigenvalue weighted by Gasteiger charge is -2.28. The Morgan fingerprint density at radius 2 is 2.08 bits per heavy atom. The van der Waals surface area contributed by atoms with Crippen LogP contribution in [0.15, 0.2) is 35.6 Å². The van der Waals surface area contributed by atoms with E-state index < -0.39 is 17.7 Å². The molecule has 134 valence electrons. The third-order valence-electron chi connectivity index (χ3n) is 4.61. The molecule has 1 aromatic rings. The summed E-state index contributed by atoms with van der Waals surface area (Å²) in [7, 11) is 0. The second-order valence-corrected chi connectivity index (χ2v) is 6.32. The first-order valence-corrected chi connectivity index (χ1v) is 8.62. The average molecular weight is 345 g/mol. The Balaban J connectivity index is 1.93. The Hall–Kier alpha value is -2.34. The average Bonchev–Trinajstić information content (AvgIpc) is 3.18. The van der Waals surface area contributed by atoms with Gasteiger partial charge in [0.15, 0.2) is 11.5 Å². The van der Waals surface area contributed by atoms with Crippen LogP contribution in [0, 0.1) is 0 Å². The minimum absolute atomic E-state index is 0.0618. The van der Waals surface area contributed by atoms with Crippen LogP contribution in [0.1, 0.15) is 38.3 Å². The van der Waals surface area contributed by atoms with E-state index in [1.807, 2.05) is 19.1 Å². The normalized spacial score (nSPS) is 23.4. The molecule has 0 aromatic heterocycles. The highest BCUT2D eigenvalue weighted by molar-refractivity contribution is 6.08. The number of hydrogen-bond acceptors (Lipinski definition) is 5. The number of ketones is 1. The van der Waals surface area contributed by atoms with Crippen molar-refractivity contribution in [1.82, 2.24) is 4.90 Å². The van der Waals surface area contributed by atoms with Gasteiger partial charge in [0.05, 0.1) is 24.3 Å². The standard InChI is InChI=1S/C19H23NO5/c1-3-24-14-8-6-13(7-9-14)17-16(12(2)21)18(22)19(23)20(17)11-15-5-4-10-25-15/h6-9,15,17,22H,3-5,10-11H2,1-2H3. The fraction of sp³-hybridized carbons (Fsp3) is 0.474. The van der Waals surface area contributed by atoms with E-state index in [0.717, 1.165) is 24.2 Å². The van der Waals surface area contributed by atoms with Crippen molar-refractivity contribution in [2.24, 2.45) is 0 Å². The second kappa shape index (κ2) is 7.27. The Morgan fingerprint density at radius 1 is 1.36 bits per heavy atom. The SMILES string of the molecule is CCOc1ccc(C2C(C(C)=O)=C(O)C(=O)N2CC2CCCO2)cc1. The van der Waals surface area contributed by atoms with Crippen LogP contribution in [0.2, 0.25) is 0 Å². The maximum atomic E-state index is 12.5.